The molecule has 1 aromatic heterocycles. The van der Waals surface area contributed by atoms with E-state index in [1.807, 2.05) is 106 Å². The summed E-state index contributed by atoms with van der Waals surface area (Å²) in [6, 6.07) is 60.5. The van der Waals surface area contributed by atoms with Gasteiger partial charge in [-0.1, -0.05) is 139 Å². The van der Waals surface area contributed by atoms with Gasteiger partial charge in [0.15, 0.2) is 0 Å². The van der Waals surface area contributed by atoms with Crippen LogP contribution >= 0.6 is 34.8 Å². The van der Waals surface area contributed by atoms with Crippen molar-refractivity contribution in [1.29, 1.82) is 0 Å². The van der Waals surface area contributed by atoms with Crippen LogP contribution in [-0.2, 0) is 38.1 Å². The number of aromatic amines is 1. The zero-order valence-electron chi connectivity index (χ0n) is 78.4. The van der Waals surface area contributed by atoms with Gasteiger partial charge in [-0.2, -0.15) is 5.10 Å². The maximum absolute atomic E-state index is 14.5. The molecule has 0 fully saturated rings. The van der Waals surface area contributed by atoms with E-state index in [1.54, 1.807) is 175 Å². The molecule has 1 heterocycles. The topological polar surface area (TPSA) is 243 Å². The molecule has 12 rings (SSSR count). The molecule has 4 amide bonds. The van der Waals surface area contributed by atoms with Crippen molar-refractivity contribution >= 4 is 105 Å². The Labute approximate surface area is 802 Å². The second kappa shape index (κ2) is 47.4. The number of aromatic nitrogens is 2. The van der Waals surface area contributed by atoms with E-state index in [-0.39, 0.29) is 22.2 Å². The number of nitrogens with one attached hydrogen (secondary N) is 1. The van der Waals surface area contributed by atoms with Crippen LogP contribution < -0.4 is 33.8 Å². The lowest BCUT2D eigenvalue weighted by Gasteiger charge is -2.26. The van der Waals surface area contributed by atoms with E-state index in [1.165, 1.54) is 35.2 Å². The van der Waals surface area contributed by atoms with Gasteiger partial charge in [-0.15, -0.1) is 0 Å². The molecule has 0 spiro atoms. The molecular weight excluding hydrogens is 1820 g/mol. The normalized spacial score (nSPS) is 11.2. The minimum atomic E-state index is -1.01. The number of ether oxygens (including phenoxy) is 7. The molecule has 0 aliphatic rings. The lowest BCUT2D eigenvalue weighted by atomic mass is 9.99. The molecule has 714 valence electrons. The highest BCUT2D eigenvalue weighted by Crippen LogP contribution is 2.38. The van der Waals surface area contributed by atoms with Crippen LogP contribution in [0.15, 0.2) is 237 Å². The number of carbonyl (C=O) groups excluding carboxylic acids is 8. The van der Waals surface area contributed by atoms with Gasteiger partial charge >= 0.3 is 23.9 Å². The van der Waals surface area contributed by atoms with Crippen molar-refractivity contribution < 1.29 is 97.9 Å². The molecule has 30 heteroatoms. The molecule has 0 saturated heterocycles. The van der Waals surface area contributed by atoms with Gasteiger partial charge in [-0.05, 0) is 294 Å². The van der Waals surface area contributed by atoms with Gasteiger partial charge in [0.05, 0.1) is 41.6 Å². The summed E-state index contributed by atoms with van der Waals surface area (Å²) < 4.78 is 125. The molecule has 12 aromatic rings. The molecule has 0 aliphatic heterocycles. The molecule has 0 aliphatic carbocycles. The average molecular weight is 1930 g/mol. The Morgan fingerprint density at radius 1 is 0.353 bits per heavy atom. The minimum Gasteiger partial charge on any atom is -0.496 e. The number of hydrogen-bond acceptors (Lipinski definition) is 16. The molecule has 0 saturated carbocycles. The van der Waals surface area contributed by atoms with E-state index in [2.05, 4.69) is 17.1 Å². The Morgan fingerprint density at radius 3 is 0.941 bits per heavy atom. The molecule has 11 aromatic carbocycles. The third kappa shape index (κ3) is 30.4. The highest BCUT2D eigenvalue weighted by molar-refractivity contribution is 6.43. The van der Waals surface area contributed by atoms with Gasteiger partial charge < -0.3 is 33.2 Å². The number of methoxy groups -OCH3 is 1. The number of halogens is 9. The fourth-order valence-corrected chi connectivity index (χ4v) is 14.7. The summed E-state index contributed by atoms with van der Waals surface area (Å²) in [6.07, 6.45) is 3.63. The van der Waals surface area contributed by atoms with Crippen LogP contribution in [0, 0.1) is 48.8 Å². The maximum atomic E-state index is 14.5. The Bertz CT molecular complexity index is 6150. The average Bonchev–Trinajstić information content (AvgIpc) is 1.58. The Balaban J connectivity index is 0.000000204. The maximum Gasteiger partial charge on any atom is 0.326 e. The summed E-state index contributed by atoms with van der Waals surface area (Å²) in [5.74, 6) is -10.0. The van der Waals surface area contributed by atoms with Crippen molar-refractivity contribution in [2.75, 3.05) is 66.1 Å². The van der Waals surface area contributed by atoms with Gasteiger partial charge in [-0.3, -0.25) is 63.1 Å². The van der Waals surface area contributed by atoms with Gasteiger partial charge in [0.2, 0.25) is 0 Å². The number of benzene rings is 11. The molecule has 136 heavy (non-hydrogen) atoms. The second-order valence-electron chi connectivity index (χ2n) is 34.9. The van der Waals surface area contributed by atoms with Gasteiger partial charge in [0.1, 0.15) is 117 Å². The summed E-state index contributed by atoms with van der Waals surface area (Å²) in [7, 11) is 1.61. The largest absolute Gasteiger partial charge is 0.496 e. The number of rotatable bonds is 27. The molecule has 0 bridgehead atoms. The van der Waals surface area contributed by atoms with E-state index in [4.69, 9.17) is 68.0 Å². The number of hydrogen-bond donors (Lipinski definition) is 1. The monoisotopic (exact) mass is 1920 g/mol. The smallest absolute Gasteiger partial charge is 0.326 e. The fourth-order valence-electron chi connectivity index (χ4n) is 13.8. The van der Waals surface area contributed by atoms with Crippen molar-refractivity contribution in [1.82, 2.24) is 10.2 Å². The van der Waals surface area contributed by atoms with Crippen molar-refractivity contribution in [2.45, 2.75) is 146 Å². The Hall–Kier alpha value is -13.8. The number of esters is 4. The van der Waals surface area contributed by atoms with E-state index in [9.17, 15) is 64.7 Å². The summed E-state index contributed by atoms with van der Waals surface area (Å²) in [5.41, 5.74) is 4.32. The quantitative estimate of drug-likeness (QED) is 0.0218. The summed E-state index contributed by atoms with van der Waals surface area (Å²) in [5, 5.41) is 7.29. The lowest BCUT2D eigenvalue weighted by Crippen LogP contribution is -2.39. The number of aryl methyl sites for hydroxylation is 2. The lowest BCUT2D eigenvalue weighted by molar-refractivity contribution is -0.154. The van der Waals surface area contributed by atoms with Crippen LogP contribution in [0.5, 0.6) is 17.2 Å². The van der Waals surface area contributed by atoms with Crippen LogP contribution in [0.25, 0.3) is 44.6 Å². The zero-order chi connectivity index (χ0) is 99.8. The van der Waals surface area contributed by atoms with E-state index in [0.29, 0.717) is 41.0 Å². The number of carbonyl (C=O) groups is 8. The van der Waals surface area contributed by atoms with Crippen LogP contribution in [0.2, 0.25) is 15.1 Å². The molecular formula is C106H107Cl3F6N6O15. The third-order valence-corrected chi connectivity index (χ3v) is 20.3. The third-order valence-electron chi connectivity index (χ3n) is 19.5. The number of anilines is 4. The minimum absolute atomic E-state index is 0.0447. The van der Waals surface area contributed by atoms with Gasteiger partial charge in [0.25, 0.3) is 23.6 Å². The van der Waals surface area contributed by atoms with Crippen LogP contribution in [-0.4, -0.2) is 127 Å². The summed E-state index contributed by atoms with van der Waals surface area (Å²) in [4.78, 5) is 108. The van der Waals surface area contributed by atoms with Crippen molar-refractivity contribution in [3.63, 3.8) is 0 Å². The predicted molar refractivity (Wildman–Crippen MR) is 518 cm³/mol. The highest BCUT2D eigenvalue weighted by Gasteiger charge is 2.35. The first kappa shape index (κ1) is 106. The van der Waals surface area contributed by atoms with E-state index >= 15 is 0 Å². The first-order valence-electron chi connectivity index (χ1n) is 43.3. The van der Waals surface area contributed by atoms with Crippen LogP contribution in [0.1, 0.15) is 162 Å². The van der Waals surface area contributed by atoms with E-state index in [0.717, 1.165) is 137 Å². The molecule has 0 atom stereocenters. The van der Waals surface area contributed by atoms with Crippen LogP contribution in [0.3, 0.4) is 0 Å². The Morgan fingerprint density at radius 2 is 0.647 bits per heavy atom. The molecule has 0 unspecified atom stereocenters. The standard InChI is InChI=1S/C29H31F2NO4.C28H29F2NO4.C27H27F2NO4.C22H20Cl3N3O3/c1-5-6-17-35-23-15-13-20(14-16-23)21-9-7-10-22(18-21)32(19-26(33)36-29(2,3)4)28(34)27-24(30)11-8-12-25(27)31;1-17-13-20(14-18(2)26(17)34-6)19-9-7-10-21(15-19)31(16-24(32)35-28(3,4)5)27(33)25-22(29)11-8-12-23(25)30;1-5-33-21-14-12-18(13-15-21)19-8-6-9-20(16-19)30(17-24(31)34-27(2,3)4)26(32)25-22(28)10-7-11-23(25)29;1-22(2,3)31-19(29)12-28(21(30)20-16(24)10-14(23)11-17(20)25)15-6-4-5-13(9-15)18-7-8-26-27-18/h7-16,18H,5-6,17,19H2,1-4H3;7-15H,16H2,1-6H3;6-16H,5,17H2,1-4H3;4-11H,12H2,1-3H3,(H,26,27). The van der Waals surface area contributed by atoms with Gasteiger partial charge in [-0.25, -0.2) is 26.3 Å². The highest BCUT2D eigenvalue weighted by atomic mass is 35.5. The van der Waals surface area contributed by atoms with Crippen molar-refractivity contribution in [3.8, 4) is 61.9 Å². The first-order valence-corrected chi connectivity index (χ1v) is 44.4. The van der Waals surface area contributed by atoms with Gasteiger partial charge in [0, 0.05) is 39.5 Å². The van der Waals surface area contributed by atoms with Crippen molar-refractivity contribution in [2.24, 2.45) is 0 Å². The summed E-state index contributed by atoms with van der Waals surface area (Å²) in [6.45, 7) is 27.7. The number of H-pyrrole nitrogens is 1. The fraction of sp³-hybridized carbons (Fsp3) is 0.274. The molecule has 1 N–H and O–H groups in total. The SMILES string of the molecule is CC(C)(C)OC(=O)CN(C(=O)c1c(Cl)cc(Cl)cc1Cl)c1cccc(-c2ccn[nH]2)c1.CCCCOc1ccc(-c2cccc(N(CC(=O)OC(C)(C)C)C(=O)c3c(F)cccc3F)c2)cc1.CCOc1ccc(-c2cccc(N(CC(=O)OC(C)(C)C)C(=O)c3c(F)cccc3F)c2)cc1.COc1c(C)cc(-c2cccc(N(CC(=O)OC(C)(C)C)C(=O)c3c(F)cccc3F)c2)cc1C. The zero-order valence-corrected chi connectivity index (χ0v) is 80.7. The van der Waals surface area contributed by atoms with Crippen molar-refractivity contribution in [3.05, 3.63) is 320 Å². The Kier molecular flexibility index (Phi) is 36.9. The summed E-state index contributed by atoms with van der Waals surface area (Å²) >= 11 is 18.5. The number of amides is 4. The number of nitrogens with zero attached hydrogens (tertiary/aromatic N) is 5. The molecule has 21 nitrogen and oxygen atoms in total. The predicted octanol–water partition coefficient (Wildman–Crippen LogP) is 25.1. The molecule has 0 radical (unpaired) electrons. The first-order chi connectivity index (χ1) is 64.1. The number of unbranched alkanes of at least 4 members (excludes halogenated alkanes) is 1. The van der Waals surface area contributed by atoms with E-state index < -0.39 is 141 Å². The second-order valence-corrected chi connectivity index (χ2v) is 36.2. The van der Waals surface area contributed by atoms with Crippen LogP contribution in [0.4, 0.5) is 49.1 Å².